The average Bonchev–Trinajstić information content (AvgIpc) is 2.52. The van der Waals surface area contributed by atoms with Crippen LogP contribution in [0.15, 0.2) is 9.66 Å². The van der Waals surface area contributed by atoms with Crippen LogP contribution in [0.3, 0.4) is 0 Å². The van der Waals surface area contributed by atoms with Crippen LogP contribution in [-0.4, -0.2) is 19.3 Å². The summed E-state index contributed by atoms with van der Waals surface area (Å²) < 4.78 is 28.6. The van der Waals surface area contributed by atoms with Crippen LogP contribution in [0.25, 0.3) is 0 Å². The van der Waals surface area contributed by atoms with Crippen molar-refractivity contribution in [1.82, 2.24) is 0 Å². The molecule has 6 heteroatoms. The highest BCUT2D eigenvalue weighted by Crippen LogP contribution is 2.52. The third-order valence-corrected chi connectivity index (χ3v) is 4.70. The number of allylic oxidation sites excluding steroid dienone is 1. The quantitative estimate of drug-likeness (QED) is 0.544. The van der Waals surface area contributed by atoms with Crippen LogP contribution in [0.2, 0.25) is 0 Å². The van der Waals surface area contributed by atoms with E-state index in [2.05, 4.69) is 28.7 Å². The molecule has 0 spiro atoms. The number of rotatable bonds is 6. The van der Waals surface area contributed by atoms with Gasteiger partial charge in [-0.3, -0.25) is 13.6 Å². The molecule has 0 aromatic heterocycles. The fourth-order valence-electron chi connectivity index (χ4n) is 1.32. The number of phosphoric ester groups is 1. The molecule has 0 bridgehead atoms. The molecule has 0 N–H and O–H groups in total. The SMILES string of the molecule is CCOP(=O)(OCC)O[C@@H]1CCC=C1I. The summed E-state index contributed by atoms with van der Waals surface area (Å²) in [7, 11) is -3.35. The van der Waals surface area contributed by atoms with Crippen LogP contribution in [0.1, 0.15) is 26.7 Å². The molecule has 0 aliphatic heterocycles. The molecule has 0 radical (unpaired) electrons. The zero-order valence-electron chi connectivity index (χ0n) is 8.94. The number of hydrogen-bond donors (Lipinski definition) is 0. The zero-order chi connectivity index (χ0) is 11.3. The minimum atomic E-state index is -3.35. The van der Waals surface area contributed by atoms with Crippen LogP contribution >= 0.6 is 30.4 Å². The van der Waals surface area contributed by atoms with Crippen molar-refractivity contribution < 1.29 is 18.1 Å². The van der Waals surface area contributed by atoms with E-state index in [1.807, 2.05) is 0 Å². The molecule has 0 saturated heterocycles. The minimum absolute atomic E-state index is 0.130. The molecule has 1 rings (SSSR count). The normalized spacial score (nSPS) is 21.8. The third-order valence-electron chi connectivity index (χ3n) is 1.91. The summed E-state index contributed by atoms with van der Waals surface area (Å²) in [6, 6.07) is 0. The highest BCUT2D eigenvalue weighted by atomic mass is 127. The third kappa shape index (κ3) is 4.15. The first-order chi connectivity index (χ1) is 7.11. The van der Waals surface area contributed by atoms with Gasteiger partial charge < -0.3 is 0 Å². The molecule has 0 amide bonds. The Bertz CT molecular complexity index is 269. The van der Waals surface area contributed by atoms with Crippen LogP contribution in [0.5, 0.6) is 0 Å². The second-order valence-corrected chi connectivity index (χ2v) is 5.91. The standard InChI is InChI=1S/C9H16IO4P/c1-3-12-15(11,13-4-2)14-9-7-5-6-8(9)10/h6,9H,3-5,7H2,1-2H3/t9-/m1/s1. The van der Waals surface area contributed by atoms with Gasteiger partial charge in [0.05, 0.1) is 13.2 Å². The van der Waals surface area contributed by atoms with Gasteiger partial charge in [0.2, 0.25) is 0 Å². The molecule has 0 aromatic carbocycles. The Morgan fingerprint density at radius 2 is 2.07 bits per heavy atom. The molecular weight excluding hydrogens is 330 g/mol. The van der Waals surface area contributed by atoms with Crippen LogP contribution < -0.4 is 0 Å². The molecule has 0 fully saturated rings. The first-order valence-corrected chi connectivity index (χ1v) is 7.58. The number of phosphoric acid groups is 1. The highest BCUT2D eigenvalue weighted by molar-refractivity contribution is 14.1. The van der Waals surface area contributed by atoms with E-state index < -0.39 is 7.82 Å². The molecule has 0 aromatic rings. The van der Waals surface area contributed by atoms with Crippen molar-refractivity contribution in [3.05, 3.63) is 9.66 Å². The smallest absolute Gasteiger partial charge is 0.287 e. The molecule has 1 atom stereocenters. The van der Waals surface area contributed by atoms with E-state index in [1.165, 1.54) is 0 Å². The second-order valence-electron chi connectivity index (χ2n) is 3.04. The van der Waals surface area contributed by atoms with Crippen molar-refractivity contribution in [3.63, 3.8) is 0 Å². The van der Waals surface area contributed by atoms with Crippen molar-refractivity contribution >= 4 is 30.4 Å². The maximum absolute atomic E-state index is 12.0. The van der Waals surface area contributed by atoms with Gasteiger partial charge in [0.15, 0.2) is 0 Å². The first kappa shape index (κ1) is 13.6. The maximum Gasteiger partial charge on any atom is 0.475 e. The van der Waals surface area contributed by atoms with Gasteiger partial charge >= 0.3 is 7.82 Å². The monoisotopic (exact) mass is 346 g/mol. The average molecular weight is 346 g/mol. The van der Waals surface area contributed by atoms with Crippen molar-refractivity contribution in [2.24, 2.45) is 0 Å². The summed E-state index contributed by atoms with van der Waals surface area (Å²) in [6.07, 6.45) is 3.76. The Hall–Kier alpha value is 0.580. The van der Waals surface area contributed by atoms with Crippen molar-refractivity contribution in [2.75, 3.05) is 13.2 Å². The molecule has 0 saturated carbocycles. The summed E-state index contributed by atoms with van der Waals surface area (Å²) in [6.45, 7) is 4.18. The lowest BCUT2D eigenvalue weighted by molar-refractivity contribution is 0.100. The Kier molecular flexibility index (Phi) is 5.77. The van der Waals surface area contributed by atoms with E-state index in [9.17, 15) is 4.57 Å². The van der Waals surface area contributed by atoms with Gasteiger partial charge in [-0.2, -0.15) is 0 Å². The summed E-state index contributed by atoms with van der Waals surface area (Å²) >= 11 is 2.19. The van der Waals surface area contributed by atoms with Crippen LogP contribution in [0.4, 0.5) is 0 Å². The second kappa shape index (κ2) is 6.35. The topological polar surface area (TPSA) is 44.8 Å². The maximum atomic E-state index is 12.0. The van der Waals surface area contributed by atoms with Crippen molar-refractivity contribution in [2.45, 2.75) is 32.8 Å². The summed E-state index contributed by atoms with van der Waals surface area (Å²) in [5, 5.41) is 0. The van der Waals surface area contributed by atoms with Gasteiger partial charge in [0.25, 0.3) is 0 Å². The van der Waals surface area contributed by atoms with Gasteiger partial charge in [0, 0.05) is 3.58 Å². The molecule has 4 nitrogen and oxygen atoms in total. The molecule has 0 heterocycles. The predicted octanol–water partition coefficient (Wildman–Crippen LogP) is 3.67. The Morgan fingerprint density at radius 3 is 2.47 bits per heavy atom. The van der Waals surface area contributed by atoms with E-state index in [-0.39, 0.29) is 6.10 Å². The Balaban J connectivity index is 2.58. The van der Waals surface area contributed by atoms with Crippen LogP contribution in [0, 0.1) is 0 Å². The molecular formula is C9H16IO4P. The fourth-order valence-corrected chi connectivity index (χ4v) is 3.63. The predicted molar refractivity (Wildman–Crippen MR) is 67.1 cm³/mol. The van der Waals surface area contributed by atoms with Crippen LogP contribution in [-0.2, 0) is 18.1 Å². The van der Waals surface area contributed by atoms with Crippen molar-refractivity contribution in [3.8, 4) is 0 Å². The zero-order valence-corrected chi connectivity index (χ0v) is 12.0. The first-order valence-electron chi connectivity index (χ1n) is 5.04. The Labute approximate surface area is 104 Å². The lowest BCUT2D eigenvalue weighted by Crippen LogP contribution is -2.10. The summed E-state index contributed by atoms with van der Waals surface area (Å²) in [5.74, 6) is 0. The van der Waals surface area contributed by atoms with E-state index in [0.29, 0.717) is 13.2 Å². The minimum Gasteiger partial charge on any atom is -0.287 e. The number of hydrogen-bond acceptors (Lipinski definition) is 4. The largest absolute Gasteiger partial charge is 0.475 e. The lowest BCUT2D eigenvalue weighted by atomic mass is 10.3. The molecule has 1 aliphatic rings. The molecule has 88 valence electrons. The van der Waals surface area contributed by atoms with Gasteiger partial charge in [-0.1, -0.05) is 6.08 Å². The fraction of sp³-hybridized carbons (Fsp3) is 0.778. The highest BCUT2D eigenvalue weighted by Gasteiger charge is 2.32. The van der Waals surface area contributed by atoms with Crippen molar-refractivity contribution in [1.29, 1.82) is 0 Å². The number of halogens is 1. The van der Waals surface area contributed by atoms with E-state index in [4.69, 9.17) is 13.6 Å². The lowest BCUT2D eigenvalue weighted by Gasteiger charge is -2.20. The van der Waals surface area contributed by atoms with E-state index in [1.54, 1.807) is 13.8 Å². The summed E-state index contributed by atoms with van der Waals surface area (Å²) in [4.78, 5) is 0. The van der Waals surface area contributed by atoms with Gasteiger partial charge in [-0.25, -0.2) is 4.57 Å². The van der Waals surface area contributed by atoms with Gasteiger partial charge in [-0.05, 0) is 49.3 Å². The van der Waals surface area contributed by atoms with Gasteiger partial charge in [-0.15, -0.1) is 0 Å². The molecule has 0 unspecified atom stereocenters. The Morgan fingerprint density at radius 1 is 1.47 bits per heavy atom. The molecule has 1 aliphatic carbocycles. The van der Waals surface area contributed by atoms with E-state index >= 15 is 0 Å². The summed E-state index contributed by atoms with van der Waals surface area (Å²) in [5.41, 5.74) is 0. The van der Waals surface area contributed by atoms with Gasteiger partial charge in [0.1, 0.15) is 6.10 Å². The van der Waals surface area contributed by atoms with E-state index in [0.717, 1.165) is 16.4 Å². The molecule has 15 heavy (non-hydrogen) atoms.